The van der Waals surface area contributed by atoms with Gasteiger partial charge >= 0.3 is 0 Å². The Kier molecular flexibility index (Phi) is 3.40. The highest BCUT2D eigenvalue weighted by molar-refractivity contribution is 6.30. The van der Waals surface area contributed by atoms with Gasteiger partial charge in [-0.1, -0.05) is 41.9 Å². The maximum Gasteiger partial charge on any atom is 0.255 e. The highest BCUT2D eigenvalue weighted by Crippen LogP contribution is 2.33. The molecule has 2 aromatic rings. The van der Waals surface area contributed by atoms with Crippen LogP contribution in [0.2, 0.25) is 5.02 Å². The summed E-state index contributed by atoms with van der Waals surface area (Å²) in [5.74, 6) is 0.147. The number of piperidine rings is 1. The molecule has 3 nitrogen and oxygen atoms in total. The zero-order valence-electron chi connectivity index (χ0n) is 12.1. The summed E-state index contributed by atoms with van der Waals surface area (Å²) in [6.07, 6.45) is 1.13. The van der Waals surface area contributed by atoms with Crippen LogP contribution in [0.3, 0.4) is 0 Å². The van der Waals surface area contributed by atoms with E-state index in [1.807, 2.05) is 53.4 Å². The maximum absolute atomic E-state index is 13.0. The summed E-state index contributed by atoms with van der Waals surface area (Å²) in [5.41, 5.74) is 2.78. The van der Waals surface area contributed by atoms with Gasteiger partial charge in [-0.2, -0.15) is 0 Å². The second-order valence-corrected chi connectivity index (χ2v) is 6.40. The third-order valence-electron chi connectivity index (χ3n) is 4.64. The highest BCUT2D eigenvalue weighted by atomic mass is 35.5. The Morgan fingerprint density at radius 3 is 2.41 bits per heavy atom. The number of hydrogen-bond donors (Lipinski definition) is 1. The Morgan fingerprint density at radius 1 is 1.05 bits per heavy atom. The summed E-state index contributed by atoms with van der Waals surface area (Å²) >= 11 is 5.97. The summed E-state index contributed by atoms with van der Waals surface area (Å²) in [6.45, 7) is 1.82. The standard InChI is InChI=1S/C18H17ClN2O/c19-13-7-5-12(6-8-13)16-3-1-2-4-17(16)18(22)21-14-9-15(21)11-20-10-14/h1-8,14-15,20H,9-11H2. The number of nitrogens with zero attached hydrogens (tertiary/aromatic N) is 1. The molecule has 0 aliphatic carbocycles. The Balaban J connectivity index is 1.70. The van der Waals surface area contributed by atoms with E-state index in [1.54, 1.807) is 0 Å². The molecule has 2 bridgehead atoms. The lowest BCUT2D eigenvalue weighted by Gasteiger charge is -2.53. The predicted molar refractivity (Wildman–Crippen MR) is 88.1 cm³/mol. The maximum atomic E-state index is 13.0. The molecule has 0 spiro atoms. The fourth-order valence-corrected chi connectivity index (χ4v) is 3.63. The zero-order chi connectivity index (χ0) is 15.1. The lowest BCUT2D eigenvalue weighted by molar-refractivity contribution is -0.00210. The van der Waals surface area contributed by atoms with E-state index in [1.165, 1.54) is 0 Å². The molecule has 22 heavy (non-hydrogen) atoms. The number of hydrogen-bond acceptors (Lipinski definition) is 2. The molecule has 2 heterocycles. The van der Waals surface area contributed by atoms with Crippen LogP contribution in [0.4, 0.5) is 0 Å². The number of carbonyl (C=O) groups is 1. The number of halogens is 1. The van der Waals surface area contributed by atoms with Crippen LogP contribution in [-0.4, -0.2) is 36.0 Å². The van der Waals surface area contributed by atoms with E-state index >= 15 is 0 Å². The Bertz CT molecular complexity index is 699. The van der Waals surface area contributed by atoms with Gasteiger partial charge in [0.05, 0.1) is 0 Å². The van der Waals surface area contributed by atoms with E-state index in [-0.39, 0.29) is 5.91 Å². The van der Waals surface area contributed by atoms with Crippen LogP contribution in [0.5, 0.6) is 0 Å². The van der Waals surface area contributed by atoms with Crippen LogP contribution >= 0.6 is 11.6 Å². The number of amides is 1. The van der Waals surface area contributed by atoms with Gasteiger partial charge in [0.25, 0.3) is 5.91 Å². The molecular formula is C18H17ClN2O. The minimum absolute atomic E-state index is 0.147. The van der Waals surface area contributed by atoms with Gasteiger partial charge in [-0.25, -0.2) is 0 Å². The molecule has 0 radical (unpaired) electrons. The van der Waals surface area contributed by atoms with Crippen LogP contribution in [-0.2, 0) is 0 Å². The van der Waals surface area contributed by atoms with Crippen molar-refractivity contribution < 1.29 is 4.79 Å². The van der Waals surface area contributed by atoms with E-state index in [0.717, 1.165) is 36.2 Å². The van der Waals surface area contributed by atoms with Crippen molar-refractivity contribution in [2.75, 3.05) is 13.1 Å². The fourth-order valence-electron chi connectivity index (χ4n) is 3.50. The molecule has 2 fully saturated rings. The quantitative estimate of drug-likeness (QED) is 0.923. The molecule has 2 unspecified atom stereocenters. The third-order valence-corrected chi connectivity index (χ3v) is 4.89. The van der Waals surface area contributed by atoms with Crippen molar-refractivity contribution in [2.45, 2.75) is 18.5 Å². The topological polar surface area (TPSA) is 32.3 Å². The van der Waals surface area contributed by atoms with Gasteiger partial charge in [-0.15, -0.1) is 0 Å². The summed E-state index contributed by atoms with van der Waals surface area (Å²) in [6, 6.07) is 16.2. The van der Waals surface area contributed by atoms with Crippen molar-refractivity contribution in [3.05, 3.63) is 59.1 Å². The number of carbonyl (C=O) groups excluding carboxylic acids is 1. The van der Waals surface area contributed by atoms with E-state index in [4.69, 9.17) is 11.6 Å². The molecule has 4 heteroatoms. The molecular weight excluding hydrogens is 296 g/mol. The third kappa shape index (κ3) is 2.21. The van der Waals surface area contributed by atoms with E-state index < -0.39 is 0 Å². The van der Waals surface area contributed by atoms with E-state index in [9.17, 15) is 4.79 Å². The van der Waals surface area contributed by atoms with E-state index in [2.05, 4.69) is 5.32 Å². The van der Waals surface area contributed by atoms with Crippen molar-refractivity contribution in [3.8, 4) is 11.1 Å². The number of rotatable bonds is 2. The van der Waals surface area contributed by atoms with Gasteiger partial charge in [-0.3, -0.25) is 4.79 Å². The first-order valence-electron chi connectivity index (χ1n) is 7.62. The number of nitrogens with one attached hydrogen (secondary N) is 1. The summed E-state index contributed by atoms with van der Waals surface area (Å²) in [5, 5.41) is 4.07. The average Bonchev–Trinajstić information content (AvgIpc) is 2.56. The van der Waals surface area contributed by atoms with Crippen molar-refractivity contribution >= 4 is 17.5 Å². The molecule has 2 saturated heterocycles. The molecule has 2 aromatic carbocycles. The Morgan fingerprint density at radius 2 is 1.73 bits per heavy atom. The second-order valence-electron chi connectivity index (χ2n) is 5.97. The lowest BCUT2D eigenvalue weighted by atomic mass is 9.87. The van der Waals surface area contributed by atoms with Crippen LogP contribution in [0.25, 0.3) is 11.1 Å². The predicted octanol–water partition coefficient (Wildman–Crippen LogP) is 3.19. The average molecular weight is 313 g/mol. The van der Waals surface area contributed by atoms with Gasteiger partial charge in [0.1, 0.15) is 0 Å². The van der Waals surface area contributed by atoms with Crippen molar-refractivity contribution in [1.82, 2.24) is 10.2 Å². The van der Waals surface area contributed by atoms with Crippen molar-refractivity contribution in [1.29, 1.82) is 0 Å². The molecule has 1 N–H and O–H groups in total. The van der Waals surface area contributed by atoms with Crippen molar-refractivity contribution in [2.24, 2.45) is 0 Å². The van der Waals surface area contributed by atoms with Gasteiger partial charge in [0.2, 0.25) is 0 Å². The Hall–Kier alpha value is -1.84. The zero-order valence-corrected chi connectivity index (χ0v) is 12.9. The first kappa shape index (κ1) is 13.8. The Labute approximate surface area is 134 Å². The van der Waals surface area contributed by atoms with Crippen molar-refractivity contribution in [3.63, 3.8) is 0 Å². The smallest absolute Gasteiger partial charge is 0.255 e. The largest absolute Gasteiger partial charge is 0.330 e. The molecule has 0 aromatic heterocycles. The van der Waals surface area contributed by atoms with Crippen LogP contribution < -0.4 is 5.32 Å². The molecule has 1 amide bonds. The summed E-state index contributed by atoms with van der Waals surface area (Å²) < 4.78 is 0. The van der Waals surface area contributed by atoms with Gasteiger partial charge in [0.15, 0.2) is 0 Å². The number of fused-ring (bicyclic) bond motifs is 2. The number of piperazine rings is 1. The van der Waals surface area contributed by atoms with E-state index in [0.29, 0.717) is 17.1 Å². The molecule has 2 aliphatic heterocycles. The fraction of sp³-hybridized carbons (Fsp3) is 0.278. The number of benzene rings is 2. The molecule has 4 rings (SSSR count). The monoisotopic (exact) mass is 312 g/mol. The van der Waals surface area contributed by atoms with Gasteiger partial charge in [-0.05, 0) is 35.7 Å². The van der Waals surface area contributed by atoms with Crippen LogP contribution in [0.15, 0.2) is 48.5 Å². The van der Waals surface area contributed by atoms with Crippen LogP contribution in [0, 0.1) is 0 Å². The minimum atomic E-state index is 0.147. The molecule has 112 valence electrons. The lowest BCUT2D eigenvalue weighted by Crippen LogP contribution is -2.69. The first-order chi connectivity index (χ1) is 10.7. The minimum Gasteiger partial charge on any atom is -0.330 e. The summed E-state index contributed by atoms with van der Waals surface area (Å²) in [7, 11) is 0. The van der Waals surface area contributed by atoms with Crippen LogP contribution in [0.1, 0.15) is 16.8 Å². The van der Waals surface area contributed by atoms with Gasteiger partial charge < -0.3 is 10.2 Å². The summed E-state index contributed by atoms with van der Waals surface area (Å²) in [4.78, 5) is 15.0. The molecule has 2 aliphatic rings. The first-order valence-corrected chi connectivity index (χ1v) is 8.00. The van der Waals surface area contributed by atoms with Gasteiger partial charge in [0, 0.05) is 35.8 Å². The molecule has 2 atom stereocenters. The molecule has 0 saturated carbocycles. The SMILES string of the molecule is O=C(c1ccccc1-c1ccc(Cl)cc1)N1C2CNCC1C2. The second kappa shape index (κ2) is 5.41. The highest BCUT2D eigenvalue weighted by Gasteiger charge is 2.44. The normalized spacial score (nSPS) is 23.0.